The Balaban J connectivity index is 1.79. The first-order chi connectivity index (χ1) is 8.65. The molecule has 1 amide bonds. The Morgan fingerprint density at radius 2 is 2.11 bits per heavy atom. The molecule has 0 spiro atoms. The van der Waals surface area contributed by atoms with Crippen molar-refractivity contribution in [1.82, 2.24) is 4.90 Å². The predicted molar refractivity (Wildman–Crippen MR) is 71.7 cm³/mol. The molecule has 98 valence electrons. The molecular formula is C14H20N2O2. The number of carbonyl (C=O) groups excluding carboxylic acids is 1. The minimum Gasteiger partial charge on any atom is -0.445 e. The third kappa shape index (κ3) is 3.47. The Kier molecular flexibility index (Phi) is 4.20. The zero-order valence-electron chi connectivity index (χ0n) is 10.9. The normalized spacial score (nSPS) is 20.1. The van der Waals surface area contributed by atoms with E-state index in [0.29, 0.717) is 6.04 Å². The molecule has 0 aliphatic carbocycles. The van der Waals surface area contributed by atoms with E-state index in [-0.39, 0.29) is 12.2 Å². The number of nitrogens with zero attached hydrogens (tertiary/aromatic N) is 1. The van der Waals surface area contributed by atoms with Crippen molar-refractivity contribution >= 4 is 11.8 Å². The van der Waals surface area contributed by atoms with Crippen LogP contribution in [0.4, 0.5) is 10.5 Å². The maximum Gasteiger partial charge on any atom is 0.411 e. The zero-order valence-corrected chi connectivity index (χ0v) is 10.9. The maximum atomic E-state index is 11.7. The Labute approximate surface area is 108 Å². The standard InChI is InChI=1S/C14H20N2O2/c1-11(2)16-9-8-13(10-16)18-14(17)15-12-6-4-3-5-7-12/h3-7,11,13H,8-10H2,1-2H3,(H,15,17)/t13-/m0/s1. The fraction of sp³-hybridized carbons (Fsp3) is 0.500. The number of hydrogen-bond donors (Lipinski definition) is 1. The van der Waals surface area contributed by atoms with Gasteiger partial charge >= 0.3 is 6.09 Å². The summed E-state index contributed by atoms with van der Waals surface area (Å²) >= 11 is 0. The lowest BCUT2D eigenvalue weighted by atomic mass is 10.3. The van der Waals surface area contributed by atoms with Crippen LogP contribution in [0.15, 0.2) is 30.3 Å². The fourth-order valence-corrected chi connectivity index (χ4v) is 2.14. The van der Waals surface area contributed by atoms with Gasteiger partial charge in [-0.05, 0) is 32.4 Å². The van der Waals surface area contributed by atoms with Gasteiger partial charge in [0.2, 0.25) is 0 Å². The fourth-order valence-electron chi connectivity index (χ4n) is 2.14. The second-order valence-corrected chi connectivity index (χ2v) is 4.90. The number of likely N-dealkylation sites (tertiary alicyclic amines) is 1. The number of carbonyl (C=O) groups is 1. The first-order valence-electron chi connectivity index (χ1n) is 6.42. The minimum atomic E-state index is -0.364. The van der Waals surface area contributed by atoms with Crippen LogP contribution in [0.3, 0.4) is 0 Å². The minimum absolute atomic E-state index is 0.0103. The van der Waals surface area contributed by atoms with Crippen molar-refractivity contribution in [2.45, 2.75) is 32.4 Å². The van der Waals surface area contributed by atoms with Crippen LogP contribution in [0.5, 0.6) is 0 Å². The quantitative estimate of drug-likeness (QED) is 0.894. The van der Waals surface area contributed by atoms with E-state index >= 15 is 0 Å². The van der Waals surface area contributed by atoms with E-state index in [1.54, 1.807) is 0 Å². The van der Waals surface area contributed by atoms with Crippen molar-refractivity contribution in [2.24, 2.45) is 0 Å². The first-order valence-corrected chi connectivity index (χ1v) is 6.42. The van der Waals surface area contributed by atoms with Crippen LogP contribution in [-0.2, 0) is 4.74 Å². The van der Waals surface area contributed by atoms with Crippen molar-refractivity contribution in [2.75, 3.05) is 18.4 Å². The van der Waals surface area contributed by atoms with Crippen LogP contribution >= 0.6 is 0 Å². The number of ether oxygens (including phenoxy) is 1. The monoisotopic (exact) mass is 248 g/mol. The van der Waals surface area contributed by atoms with Crippen LogP contribution in [0.25, 0.3) is 0 Å². The molecule has 1 aromatic carbocycles. The van der Waals surface area contributed by atoms with Gasteiger partial charge < -0.3 is 4.74 Å². The summed E-state index contributed by atoms with van der Waals surface area (Å²) < 4.78 is 5.40. The van der Waals surface area contributed by atoms with E-state index in [2.05, 4.69) is 24.1 Å². The molecule has 1 aliphatic rings. The van der Waals surface area contributed by atoms with E-state index in [0.717, 1.165) is 25.2 Å². The number of benzene rings is 1. The Morgan fingerprint density at radius 3 is 2.72 bits per heavy atom. The van der Waals surface area contributed by atoms with Gasteiger partial charge in [0.15, 0.2) is 0 Å². The maximum absolute atomic E-state index is 11.7. The van der Waals surface area contributed by atoms with Crippen LogP contribution in [-0.4, -0.2) is 36.2 Å². The molecule has 1 N–H and O–H groups in total. The van der Waals surface area contributed by atoms with Crippen molar-refractivity contribution < 1.29 is 9.53 Å². The molecule has 1 aliphatic heterocycles. The van der Waals surface area contributed by atoms with Crippen molar-refractivity contribution in [1.29, 1.82) is 0 Å². The second-order valence-electron chi connectivity index (χ2n) is 4.90. The van der Waals surface area contributed by atoms with Gasteiger partial charge in [-0.3, -0.25) is 10.2 Å². The molecule has 0 aromatic heterocycles. The topological polar surface area (TPSA) is 41.6 Å². The molecule has 18 heavy (non-hydrogen) atoms. The molecule has 2 rings (SSSR count). The predicted octanol–water partition coefficient (Wildman–Crippen LogP) is 2.72. The lowest BCUT2D eigenvalue weighted by molar-refractivity contribution is 0.110. The van der Waals surface area contributed by atoms with Gasteiger partial charge in [-0.25, -0.2) is 4.79 Å². The average molecular weight is 248 g/mol. The summed E-state index contributed by atoms with van der Waals surface area (Å²) in [6.07, 6.45) is 0.563. The second kappa shape index (κ2) is 5.87. The number of para-hydroxylation sites is 1. The number of amides is 1. The summed E-state index contributed by atoms with van der Waals surface area (Å²) in [4.78, 5) is 14.0. The number of nitrogens with one attached hydrogen (secondary N) is 1. The van der Waals surface area contributed by atoms with Crippen LogP contribution in [0.2, 0.25) is 0 Å². The van der Waals surface area contributed by atoms with Gasteiger partial charge in [-0.15, -0.1) is 0 Å². The highest BCUT2D eigenvalue weighted by atomic mass is 16.6. The van der Waals surface area contributed by atoms with Crippen molar-refractivity contribution in [3.05, 3.63) is 30.3 Å². The third-order valence-electron chi connectivity index (χ3n) is 3.20. The number of rotatable bonds is 3. The van der Waals surface area contributed by atoms with Gasteiger partial charge in [0.1, 0.15) is 6.10 Å². The van der Waals surface area contributed by atoms with Crippen LogP contribution in [0, 0.1) is 0 Å². The van der Waals surface area contributed by atoms with E-state index in [1.165, 1.54) is 0 Å². The van der Waals surface area contributed by atoms with Crippen LogP contribution < -0.4 is 5.32 Å². The lowest BCUT2D eigenvalue weighted by Gasteiger charge is -2.20. The summed E-state index contributed by atoms with van der Waals surface area (Å²) in [7, 11) is 0. The number of anilines is 1. The van der Waals surface area contributed by atoms with Gasteiger partial charge in [-0.2, -0.15) is 0 Å². The smallest absolute Gasteiger partial charge is 0.411 e. The molecule has 0 radical (unpaired) electrons. The van der Waals surface area contributed by atoms with E-state index < -0.39 is 0 Å². The molecule has 1 atom stereocenters. The van der Waals surface area contributed by atoms with Crippen LogP contribution in [0.1, 0.15) is 20.3 Å². The van der Waals surface area contributed by atoms with Gasteiger partial charge in [0, 0.05) is 24.8 Å². The van der Waals surface area contributed by atoms with Gasteiger partial charge in [-0.1, -0.05) is 18.2 Å². The molecule has 1 fully saturated rings. The summed E-state index contributed by atoms with van der Waals surface area (Å²) in [5.41, 5.74) is 0.765. The van der Waals surface area contributed by atoms with Gasteiger partial charge in [0.05, 0.1) is 0 Å². The largest absolute Gasteiger partial charge is 0.445 e. The SMILES string of the molecule is CC(C)N1CC[C@H](OC(=O)Nc2ccccc2)C1. The first kappa shape index (κ1) is 12.9. The van der Waals surface area contributed by atoms with E-state index in [1.807, 2.05) is 30.3 Å². The molecule has 1 heterocycles. The van der Waals surface area contributed by atoms with E-state index in [4.69, 9.17) is 4.74 Å². The summed E-state index contributed by atoms with van der Waals surface area (Å²) in [6.45, 7) is 6.15. The zero-order chi connectivity index (χ0) is 13.0. The molecule has 1 saturated heterocycles. The highest BCUT2D eigenvalue weighted by molar-refractivity contribution is 5.84. The third-order valence-corrected chi connectivity index (χ3v) is 3.20. The van der Waals surface area contributed by atoms with E-state index in [9.17, 15) is 4.79 Å². The highest BCUT2D eigenvalue weighted by Gasteiger charge is 2.26. The average Bonchev–Trinajstić information content (AvgIpc) is 2.78. The Bertz CT molecular complexity index is 392. The molecule has 4 nitrogen and oxygen atoms in total. The summed E-state index contributed by atoms with van der Waals surface area (Å²) in [5, 5.41) is 2.73. The molecule has 0 bridgehead atoms. The van der Waals surface area contributed by atoms with Crippen molar-refractivity contribution in [3.8, 4) is 0 Å². The molecular weight excluding hydrogens is 228 g/mol. The Morgan fingerprint density at radius 1 is 1.39 bits per heavy atom. The molecule has 0 unspecified atom stereocenters. The number of hydrogen-bond acceptors (Lipinski definition) is 3. The molecule has 0 saturated carbocycles. The van der Waals surface area contributed by atoms with Crippen molar-refractivity contribution in [3.63, 3.8) is 0 Å². The molecule has 1 aromatic rings. The summed E-state index contributed by atoms with van der Waals surface area (Å²) in [5.74, 6) is 0. The lowest BCUT2D eigenvalue weighted by Crippen LogP contribution is -2.31. The Hall–Kier alpha value is -1.55. The molecule has 4 heteroatoms. The highest BCUT2D eigenvalue weighted by Crippen LogP contribution is 2.16. The summed E-state index contributed by atoms with van der Waals surface area (Å²) in [6, 6.07) is 9.87. The van der Waals surface area contributed by atoms with Gasteiger partial charge in [0.25, 0.3) is 0 Å².